The second-order valence-corrected chi connectivity index (χ2v) is 4.66. The van der Waals surface area contributed by atoms with Gasteiger partial charge < -0.3 is 0 Å². The minimum absolute atomic E-state index is 0.107. The molecule has 0 aliphatic heterocycles. The first-order valence-corrected chi connectivity index (χ1v) is 6.03. The van der Waals surface area contributed by atoms with Crippen LogP contribution in [0, 0.1) is 11.3 Å². The third kappa shape index (κ3) is 2.25. The first-order valence-electron chi connectivity index (χ1n) is 6.03. The summed E-state index contributed by atoms with van der Waals surface area (Å²) in [6, 6.07) is 6.00. The van der Waals surface area contributed by atoms with Gasteiger partial charge in [-0.2, -0.15) is 23.5 Å². The van der Waals surface area contributed by atoms with E-state index in [-0.39, 0.29) is 5.92 Å². The van der Waals surface area contributed by atoms with Crippen LogP contribution in [-0.2, 0) is 6.18 Å². The molecule has 1 aliphatic rings. The minimum atomic E-state index is -4.47. The van der Waals surface area contributed by atoms with Crippen LogP contribution < -0.4 is 0 Å². The van der Waals surface area contributed by atoms with Gasteiger partial charge in [0.05, 0.1) is 5.56 Å². The van der Waals surface area contributed by atoms with Gasteiger partial charge in [-0.3, -0.25) is 0 Å². The highest BCUT2D eigenvalue weighted by molar-refractivity contribution is 5.35. The number of hydrogen-bond donors (Lipinski definition) is 0. The van der Waals surface area contributed by atoms with Crippen molar-refractivity contribution >= 4 is 0 Å². The van der Waals surface area contributed by atoms with Gasteiger partial charge >= 0.3 is 6.18 Å². The minimum Gasteiger partial charge on any atom is -0.236 e. The molecule has 0 bridgehead atoms. The fourth-order valence-corrected chi connectivity index (χ4v) is 1.96. The number of hydrogen-bond acceptors (Lipinski definition) is 3. The molecule has 102 valence electrons. The maximum atomic E-state index is 12.8. The smallest absolute Gasteiger partial charge is 0.236 e. The van der Waals surface area contributed by atoms with Crippen molar-refractivity contribution < 1.29 is 13.2 Å². The molecule has 4 nitrogen and oxygen atoms in total. The number of alkyl halides is 3. The highest BCUT2D eigenvalue weighted by Crippen LogP contribution is 2.42. The Bertz CT molecular complexity index is 675. The fourth-order valence-electron chi connectivity index (χ4n) is 1.96. The van der Waals surface area contributed by atoms with Crippen molar-refractivity contribution in [3.05, 3.63) is 41.3 Å². The van der Waals surface area contributed by atoms with E-state index in [9.17, 15) is 13.2 Å². The maximum absolute atomic E-state index is 12.8. The molecule has 2 heterocycles. The van der Waals surface area contributed by atoms with E-state index in [2.05, 4.69) is 10.1 Å². The number of rotatable bonds is 2. The predicted octanol–water partition coefficient (Wildman–Crippen LogP) is 3.04. The van der Waals surface area contributed by atoms with Crippen LogP contribution in [0.1, 0.15) is 35.7 Å². The van der Waals surface area contributed by atoms with Gasteiger partial charge in [0.2, 0.25) is 0 Å². The Morgan fingerprint density at radius 2 is 2.05 bits per heavy atom. The average Bonchev–Trinajstić information content (AvgIpc) is 3.16. The summed E-state index contributed by atoms with van der Waals surface area (Å²) in [6.07, 6.45) is -1.43. The lowest BCUT2D eigenvalue weighted by atomic mass is 10.2. The highest BCUT2D eigenvalue weighted by atomic mass is 19.4. The average molecular weight is 278 g/mol. The lowest BCUT2D eigenvalue weighted by Crippen LogP contribution is -2.08. The van der Waals surface area contributed by atoms with Crippen LogP contribution in [0.2, 0.25) is 0 Å². The van der Waals surface area contributed by atoms with E-state index >= 15 is 0 Å². The Kier molecular flexibility index (Phi) is 2.74. The molecule has 20 heavy (non-hydrogen) atoms. The molecule has 0 radical (unpaired) electrons. The first-order chi connectivity index (χ1) is 9.49. The molecule has 0 aromatic carbocycles. The second-order valence-electron chi connectivity index (χ2n) is 4.66. The van der Waals surface area contributed by atoms with Crippen LogP contribution >= 0.6 is 0 Å². The van der Waals surface area contributed by atoms with Gasteiger partial charge in [-0.25, -0.2) is 9.67 Å². The van der Waals surface area contributed by atoms with E-state index in [1.165, 1.54) is 23.0 Å². The number of nitrogens with zero attached hydrogens (tertiary/aromatic N) is 4. The largest absolute Gasteiger partial charge is 0.435 e. The van der Waals surface area contributed by atoms with E-state index in [4.69, 9.17) is 5.26 Å². The first kappa shape index (κ1) is 12.7. The normalized spacial score (nSPS) is 15.1. The van der Waals surface area contributed by atoms with Crippen LogP contribution in [0.5, 0.6) is 0 Å². The van der Waals surface area contributed by atoms with Crippen molar-refractivity contribution in [3.63, 3.8) is 0 Å². The fraction of sp³-hybridized carbons (Fsp3) is 0.308. The highest BCUT2D eigenvalue weighted by Gasteiger charge is 2.38. The summed E-state index contributed by atoms with van der Waals surface area (Å²) in [5.74, 6) is 0.400. The van der Waals surface area contributed by atoms with Gasteiger partial charge in [0.15, 0.2) is 11.5 Å². The van der Waals surface area contributed by atoms with Crippen LogP contribution in [0.15, 0.2) is 24.4 Å². The summed E-state index contributed by atoms with van der Waals surface area (Å²) in [5.41, 5.74) is -0.0370. The van der Waals surface area contributed by atoms with Crippen molar-refractivity contribution in [3.8, 4) is 11.9 Å². The molecule has 0 amide bonds. The summed E-state index contributed by atoms with van der Waals surface area (Å²) in [5, 5.41) is 12.3. The zero-order valence-electron chi connectivity index (χ0n) is 10.2. The van der Waals surface area contributed by atoms with Gasteiger partial charge in [-0.05, 0) is 31.0 Å². The van der Waals surface area contributed by atoms with Crippen molar-refractivity contribution in [2.24, 2.45) is 0 Å². The lowest BCUT2D eigenvalue weighted by Gasteiger charge is -2.05. The van der Waals surface area contributed by atoms with Crippen LogP contribution in [0.25, 0.3) is 5.82 Å². The summed E-state index contributed by atoms with van der Waals surface area (Å²) >= 11 is 0. The second kappa shape index (κ2) is 4.34. The van der Waals surface area contributed by atoms with Crippen molar-refractivity contribution in [2.75, 3.05) is 0 Å². The van der Waals surface area contributed by atoms with Gasteiger partial charge in [-0.1, -0.05) is 0 Å². The summed E-state index contributed by atoms with van der Waals surface area (Å²) in [7, 11) is 0. The van der Waals surface area contributed by atoms with Gasteiger partial charge in [0.1, 0.15) is 6.07 Å². The molecule has 7 heteroatoms. The summed E-state index contributed by atoms with van der Waals surface area (Å²) < 4.78 is 39.5. The van der Waals surface area contributed by atoms with Crippen molar-refractivity contribution in [1.82, 2.24) is 14.8 Å². The van der Waals surface area contributed by atoms with Gasteiger partial charge in [0, 0.05) is 17.8 Å². The SMILES string of the molecule is N#Cc1ccc(-n2nc(C(F)(F)F)cc2C2CC2)nc1. The Morgan fingerprint density at radius 1 is 1.30 bits per heavy atom. The Morgan fingerprint density at radius 3 is 2.55 bits per heavy atom. The van der Waals surface area contributed by atoms with Crippen LogP contribution in [-0.4, -0.2) is 14.8 Å². The molecule has 1 fully saturated rings. The van der Waals surface area contributed by atoms with Crippen molar-refractivity contribution in [1.29, 1.82) is 5.26 Å². The molecule has 0 N–H and O–H groups in total. The molecule has 2 aromatic rings. The molecule has 0 saturated heterocycles. The van der Waals surface area contributed by atoms with E-state index in [0.717, 1.165) is 18.9 Å². The molecule has 1 saturated carbocycles. The third-order valence-corrected chi connectivity index (χ3v) is 3.12. The Labute approximate surface area is 112 Å². The number of halogens is 3. The Balaban J connectivity index is 2.07. The zero-order valence-corrected chi connectivity index (χ0v) is 10.2. The van der Waals surface area contributed by atoms with Gasteiger partial charge in [0.25, 0.3) is 0 Å². The quantitative estimate of drug-likeness (QED) is 0.848. The topological polar surface area (TPSA) is 54.5 Å². The zero-order chi connectivity index (χ0) is 14.3. The number of nitriles is 1. The van der Waals surface area contributed by atoms with Crippen LogP contribution in [0.3, 0.4) is 0 Å². The standard InChI is InChI=1S/C13H9F3N4/c14-13(15,16)11-5-10(9-2-3-9)20(19-11)12-4-1-8(6-17)7-18-12/h1,4-5,7,9H,2-3H2. The third-order valence-electron chi connectivity index (χ3n) is 3.12. The molecule has 0 unspecified atom stereocenters. The predicted molar refractivity (Wildman–Crippen MR) is 63.1 cm³/mol. The summed E-state index contributed by atoms with van der Waals surface area (Å²) in [6.45, 7) is 0. The number of pyridine rings is 1. The Hall–Kier alpha value is -2.36. The number of aromatic nitrogens is 3. The van der Waals surface area contributed by atoms with E-state index in [0.29, 0.717) is 17.1 Å². The van der Waals surface area contributed by atoms with Crippen LogP contribution in [0.4, 0.5) is 13.2 Å². The molecule has 1 aliphatic carbocycles. The molecular formula is C13H9F3N4. The molecule has 3 rings (SSSR count). The van der Waals surface area contributed by atoms with E-state index in [1.54, 1.807) is 0 Å². The van der Waals surface area contributed by atoms with E-state index < -0.39 is 11.9 Å². The molecule has 2 aromatic heterocycles. The molecular weight excluding hydrogens is 269 g/mol. The van der Waals surface area contributed by atoms with E-state index in [1.807, 2.05) is 6.07 Å². The maximum Gasteiger partial charge on any atom is 0.435 e. The monoisotopic (exact) mass is 278 g/mol. The molecule has 0 spiro atoms. The molecule has 0 atom stereocenters. The summed E-state index contributed by atoms with van der Waals surface area (Å²) in [4.78, 5) is 4.00. The lowest BCUT2D eigenvalue weighted by molar-refractivity contribution is -0.141. The van der Waals surface area contributed by atoms with Gasteiger partial charge in [-0.15, -0.1) is 0 Å². The van der Waals surface area contributed by atoms with Crippen molar-refractivity contribution in [2.45, 2.75) is 24.9 Å².